The second-order valence-electron chi connectivity index (χ2n) is 5.55. The van der Waals surface area contributed by atoms with Gasteiger partial charge in [0.25, 0.3) is 0 Å². The average molecular weight is 218 g/mol. The van der Waals surface area contributed by atoms with Crippen molar-refractivity contribution in [3.05, 3.63) is 17.2 Å². The molecule has 1 atom stereocenters. The molecule has 88 valence electrons. The summed E-state index contributed by atoms with van der Waals surface area (Å²) < 4.78 is 0. The van der Waals surface area contributed by atoms with Gasteiger partial charge in [-0.05, 0) is 38.0 Å². The number of nitrogens with one attached hydrogen (secondary N) is 1. The predicted octanol–water partition coefficient (Wildman–Crippen LogP) is 3.58. The Kier molecular flexibility index (Phi) is 2.74. The first-order valence-corrected chi connectivity index (χ1v) is 6.94. The molecule has 2 aliphatic carbocycles. The highest BCUT2D eigenvalue weighted by molar-refractivity contribution is 5.20. The van der Waals surface area contributed by atoms with Crippen LogP contribution in [0.15, 0.2) is 0 Å². The minimum atomic E-state index is 0.741. The number of aromatic nitrogens is 2. The van der Waals surface area contributed by atoms with E-state index < -0.39 is 0 Å². The second kappa shape index (κ2) is 4.23. The minimum Gasteiger partial charge on any atom is -0.345 e. The van der Waals surface area contributed by atoms with Crippen molar-refractivity contribution >= 4 is 0 Å². The Hall–Kier alpha value is -0.790. The molecule has 1 N–H and O–H groups in total. The first-order chi connectivity index (χ1) is 7.86. The highest BCUT2D eigenvalue weighted by Crippen LogP contribution is 2.34. The van der Waals surface area contributed by atoms with Gasteiger partial charge in [-0.15, -0.1) is 0 Å². The molecule has 1 saturated carbocycles. The van der Waals surface area contributed by atoms with Crippen molar-refractivity contribution in [1.29, 1.82) is 0 Å². The van der Waals surface area contributed by atoms with Gasteiger partial charge in [0.2, 0.25) is 0 Å². The number of aromatic amines is 1. The van der Waals surface area contributed by atoms with Gasteiger partial charge in [0.15, 0.2) is 0 Å². The smallest absolute Gasteiger partial charge is 0.109 e. The third-order valence-corrected chi connectivity index (χ3v) is 4.48. The Balaban J connectivity index is 1.80. The summed E-state index contributed by atoms with van der Waals surface area (Å²) in [5.41, 5.74) is 2.84. The van der Waals surface area contributed by atoms with Gasteiger partial charge < -0.3 is 4.98 Å². The highest BCUT2D eigenvalue weighted by Gasteiger charge is 2.25. The molecule has 1 aromatic heterocycles. The summed E-state index contributed by atoms with van der Waals surface area (Å²) in [6.07, 6.45) is 10.6. The molecule has 1 aromatic rings. The molecule has 0 amide bonds. The van der Waals surface area contributed by atoms with Crippen LogP contribution in [0.3, 0.4) is 0 Å². The van der Waals surface area contributed by atoms with Crippen LogP contribution in [0.25, 0.3) is 0 Å². The number of aryl methyl sites for hydroxylation is 1. The topological polar surface area (TPSA) is 28.7 Å². The lowest BCUT2D eigenvalue weighted by molar-refractivity contribution is 0.438. The molecule has 2 aliphatic rings. The fraction of sp³-hybridized carbons (Fsp3) is 0.786. The number of rotatable bonds is 2. The van der Waals surface area contributed by atoms with Gasteiger partial charge in [0.1, 0.15) is 5.82 Å². The Bertz CT molecular complexity index is 361. The molecule has 0 spiro atoms. The number of hydrogen-bond acceptors (Lipinski definition) is 1. The first kappa shape index (κ1) is 10.4. The van der Waals surface area contributed by atoms with E-state index in [-0.39, 0.29) is 0 Å². The summed E-state index contributed by atoms with van der Waals surface area (Å²) in [5, 5.41) is 0. The Labute approximate surface area is 97.9 Å². The molecular weight excluding hydrogens is 196 g/mol. The zero-order valence-electron chi connectivity index (χ0n) is 10.3. The van der Waals surface area contributed by atoms with E-state index in [2.05, 4.69) is 11.9 Å². The van der Waals surface area contributed by atoms with E-state index >= 15 is 0 Å². The molecule has 2 nitrogen and oxygen atoms in total. The number of imidazole rings is 1. The van der Waals surface area contributed by atoms with Crippen molar-refractivity contribution in [3.8, 4) is 0 Å². The number of hydrogen-bond donors (Lipinski definition) is 1. The van der Waals surface area contributed by atoms with Crippen LogP contribution in [0, 0.1) is 5.92 Å². The molecule has 0 bridgehead atoms. The minimum absolute atomic E-state index is 0.741. The predicted molar refractivity (Wildman–Crippen MR) is 65.6 cm³/mol. The van der Waals surface area contributed by atoms with Crippen LogP contribution in [-0.4, -0.2) is 9.97 Å². The Morgan fingerprint density at radius 3 is 2.81 bits per heavy atom. The molecule has 0 aliphatic heterocycles. The second-order valence-corrected chi connectivity index (χ2v) is 5.55. The molecule has 1 fully saturated rings. The van der Waals surface area contributed by atoms with Crippen LogP contribution < -0.4 is 0 Å². The van der Waals surface area contributed by atoms with Gasteiger partial charge in [-0.1, -0.05) is 26.2 Å². The standard InChI is InChI=1S/C14H22N2/c1-2-10-7-8-12-13(9-10)16-14(15-12)11-5-3-4-6-11/h10-11H,2-9H2,1H3,(H,15,16). The summed E-state index contributed by atoms with van der Waals surface area (Å²) in [6.45, 7) is 2.31. The molecule has 16 heavy (non-hydrogen) atoms. The van der Waals surface area contributed by atoms with E-state index in [1.165, 1.54) is 68.6 Å². The third-order valence-electron chi connectivity index (χ3n) is 4.48. The quantitative estimate of drug-likeness (QED) is 0.807. The summed E-state index contributed by atoms with van der Waals surface area (Å²) >= 11 is 0. The lowest BCUT2D eigenvalue weighted by Gasteiger charge is -2.19. The molecule has 0 saturated heterocycles. The van der Waals surface area contributed by atoms with Crippen LogP contribution in [0.1, 0.15) is 68.6 Å². The summed E-state index contributed by atoms with van der Waals surface area (Å²) in [6, 6.07) is 0. The van der Waals surface area contributed by atoms with Gasteiger partial charge in [0.05, 0.1) is 5.69 Å². The maximum Gasteiger partial charge on any atom is 0.109 e. The SMILES string of the molecule is CCC1CCc2nc(C3CCCC3)[nH]c2C1. The lowest BCUT2D eigenvalue weighted by atomic mass is 9.88. The van der Waals surface area contributed by atoms with E-state index in [4.69, 9.17) is 4.98 Å². The zero-order valence-corrected chi connectivity index (χ0v) is 10.3. The molecular formula is C14H22N2. The van der Waals surface area contributed by atoms with Gasteiger partial charge in [-0.2, -0.15) is 0 Å². The molecule has 0 radical (unpaired) electrons. The maximum atomic E-state index is 4.85. The van der Waals surface area contributed by atoms with Crippen LogP contribution in [0.4, 0.5) is 0 Å². The normalized spacial score (nSPS) is 25.9. The lowest BCUT2D eigenvalue weighted by Crippen LogP contribution is -2.12. The molecule has 1 unspecified atom stereocenters. The van der Waals surface area contributed by atoms with E-state index in [0.29, 0.717) is 0 Å². The van der Waals surface area contributed by atoms with Crippen molar-refractivity contribution in [2.24, 2.45) is 5.92 Å². The van der Waals surface area contributed by atoms with Crippen LogP contribution in [0.2, 0.25) is 0 Å². The van der Waals surface area contributed by atoms with Crippen molar-refractivity contribution in [2.75, 3.05) is 0 Å². The zero-order chi connectivity index (χ0) is 11.0. The summed E-state index contributed by atoms with van der Waals surface area (Å²) in [4.78, 5) is 8.47. The van der Waals surface area contributed by atoms with Gasteiger partial charge >= 0.3 is 0 Å². The fourth-order valence-electron chi connectivity index (χ4n) is 3.32. The van der Waals surface area contributed by atoms with E-state index in [1.807, 2.05) is 0 Å². The Morgan fingerprint density at radius 1 is 1.25 bits per heavy atom. The van der Waals surface area contributed by atoms with Crippen LogP contribution in [-0.2, 0) is 12.8 Å². The first-order valence-electron chi connectivity index (χ1n) is 6.94. The highest BCUT2D eigenvalue weighted by atomic mass is 14.9. The van der Waals surface area contributed by atoms with Crippen LogP contribution in [0.5, 0.6) is 0 Å². The van der Waals surface area contributed by atoms with E-state index in [1.54, 1.807) is 0 Å². The Morgan fingerprint density at radius 2 is 2.06 bits per heavy atom. The van der Waals surface area contributed by atoms with Crippen molar-refractivity contribution in [1.82, 2.24) is 9.97 Å². The fourth-order valence-corrected chi connectivity index (χ4v) is 3.32. The average Bonchev–Trinajstić information content (AvgIpc) is 2.96. The number of H-pyrrole nitrogens is 1. The molecule has 0 aromatic carbocycles. The van der Waals surface area contributed by atoms with Crippen molar-refractivity contribution < 1.29 is 0 Å². The summed E-state index contributed by atoms with van der Waals surface area (Å²) in [5.74, 6) is 2.94. The number of nitrogens with zero attached hydrogens (tertiary/aromatic N) is 1. The van der Waals surface area contributed by atoms with Crippen LogP contribution >= 0.6 is 0 Å². The third kappa shape index (κ3) is 1.79. The van der Waals surface area contributed by atoms with Crippen molar-refractivity contribution in [2.45, 2.75) is 64.2 Å². The summed E-state index contributed by atoms with van der Waals surface area (Å²) in [7, 11) is 0. The van der Waals surface area contributed by atoms with Gasteiger partial charge in [-0.3, -0.25) is 0 Å². The number of fused-ring (bicyclic) bond motifs is 1. The van der Waals surface area contributed by atoms with E-state index in [9.17, 15) is 0 Å². The van der Waals surface area contributed by atoms with Crippen molar-refractivity contribution in [3.63, 3.8) is 0 Å². The maximum absolute atomic E-state index is 4.85. The monoisotopic (exact) mass is 218 g/mol. The van der Waals surface area contributed by atoms with Gasteiger partial charge in [0, 0.05) is 11.6 Å². The molecule has 3 rings (SSSR count). The molecule has 1 heterocycles. The van der Waals surface area contributed by atoms with E-state index in [0.717, 1.165) is 11.8 Å². The largest absolute Gasteiger partial charge is 0.345 e. The van der Waals surface area contributed by atoms with Gasteiger partial charge in [-0.25, -0.2) is 4.98 Å². The molecule has 2 heteroatoms.